The van der Waals surface area contributed by atoms with Crippen LogP contribution in [-0.2, 0) is 0 Å². The third kappa shape index (κ3) is 3.43. The minimum absolute atomic E-state index is 0.0209. The summed E-state index contributed by atoms with van der Waals surface area (Å²) in [6, 6.07) is 5.68. The van der Waals surface area contributed by atoms with Gasteiger partial charge in [0, 0.05) is 25.2 Å². The number of carbonyl (C=O) groups excluding carboxylic acids is 1. The summed E-state index contributed by atoms with van der Waals surface area (Å²) in [7, 11) is 0. The normalized spacial score (nSPS) is 19.6. The van der Waals surface area contributed by atoms with Gasteiger partial charge in [-0.3, -0.25) is 9.78 Å². The molecule has 1 saturated heterocycles. The van der Waals surface area contributed by atoms with Crippen molar-refractivity contribution in [3.63, 3.8) is 0 Å². The Morgan fingerprint density at radius 3 is 3.00 bits per heavy atom. The van der Waals surface area contributed by atoms with Crippen LogP contribution in [0.15, 0.2) is 24.4 Å². The minimum atomic E-state index is -0.378. The van der Waals surface area contributed by atoms with E-state index >= 15 is 0 Å². The van der Waals surface area contributed by atoms with Gasteiger partial charge in [0.25, 0.3) is 5.91 Å². The molecule has 122 valence electrons. The van der Waals surface area contributed by atoms with Gasteiger partial charge in [0.1, 0.15) is 9.88 Å². The number of rotatable bonds is 3. The molecule has 1 aliphatic rings. The molecule has 0 bridgehead atoms. The lowest BCUT2D eigenvalue weighted by Gasteiger charge is -2.34. The summed E-state index contributed by atoms with van der Waals surface area (Å²) in [6.45, 7) is 5.03. The maximum atomic E-state index is 12.8. The van der Waals surface area contributed by atoms with Crippen LogP contribution in [0.3, 0.4) is 0 Å². The lowest BCUT2D eigenvalue weighted by atomic mass is 9.93. The standard InChI is InChI=1S/C17H21N3O2S/c1-11-15(23-16(19-11)14-7-3-4-8-18-14)17(22)20-9-5-6-13(10-20)12(2)21/h3-4,7-8,12-13,21H,5-6,9-10H2,1-2H3. The first-order chi connectivity index (χ1) is 11.1. The lowest BCUT2D eigenvalue weighted by Crippen LogP contribution is -2.42. The molecular formula is C17H21N3O2S. The molecule has 1 fully saturated rings. The van der Waals surface area contributed by atoms with Crippen molar-refractivity contribution in [2.24, 2.45) is 5.92 Å². The van der Waals surface area contributed by atoms with Crippen LogP contribution >= 0.6 is 11.3 Å². The average Bonchev–Trinajstić information content (AvgIpc) is 2.97. The van der Waals surface area contributed by atoms with Gasteiger partial charge >= 0.3 is 0 Å². The smallest absolute Gasteiger partial charge is 0.265 e. The summed E-state index contributed by atoms with van der Waals surface area (Å²) in [5.74, 6) is 0.184. The maximum Gasteiger partial charge on any atom is 0.265 e. The van der Waals surface area contributed by atoms with Crippen molar-refractivity contribution in [2.75, 3.05) is 13.1 Å². The molecule has 0 aliphatic carbocycles. The van der Waals surface area contributed by atoms with Crippen molar-refractivity contribution in [3.8, 4) is 10.7 Å². The largest absolute Gasteiger partial charge is 0.393 e. The van der Waals surface area contributed by atoms with Crippen molar-refractivity contribution >= 4 is 17.2 Å². The van der Waals surface area contributed by atoms with Gasteiger partial charge in [0.2, 0.25) is 0 Å². The van der Waals surface area contributed by atoms with E-state index in [-0.39, 0.29) is 17.9 Å². The molecule has 2 aromatic rings. The van der Waals surface area contributed by atoms with Gasteiger partial charge in [0.15, 0.2) is 0 Å². The van der Waals surface area contributed by atoms with Gasteiger partial charge in [-0.25, -0.2) is 4.98 Å². The zero-order chi connectivity index (χ0) is 16.4. The van der Waals surface area contributed by atoms with E-state index in [2.05, 4.69) is 9.97 Å². The highest BCUT2D eigenvalue weighted by atomic mass is 32.1. The van der Waals surface area contributed by atoms with Crippen LogP contribution in [0, 0.1) is 12.8 Å². The van der Waals surface area contributed by atoms with Crippen molar-refractivity contribution < 1.29 is 9.90 Å². The molecule has 23 heavy (non-hydrogen) atoms. The monoisotopic (exact) mass is 331 g/mol. The number of hydrogen-bond acceptors (Lipinski definition) is 5. The SMILES string of the molecule is Cc1nc(-c2ccccn2)sc1C(=O)N1CCCC(C(C)O)C1. The number of piperidine rings is 1. The highest BCUT2D eigenvalue weighted by molar-refractivity contribution is 7.17. The molecule has 0 spiro atoms. The van der Waals surface area contributed by atoms with Crippen LogP contribution in [0.25, 0.3) is 10.7 Å². The number of thiazole rings is 1. The Morgan fingerprint density at radius 2 is 2.30 bits per heavy atom. The topological polar surface area (TPSA) is 66.3 Å². The quantitative estimate of drug-likeness (QED) is 0.939. The number of pyridine rings is 1. The van der Waals surface area contributed by atoms with Crippen LogP contribution < -0.4 is 0 Å². The second-order valence-electron chi connectivity index (χ2n) is 6.04. The van der Waals surface area contributed by atoms with E-state index in [9.17, 15) is 9.90 Å². The number of carbonyl (C=O) groups is 1. The number of amides is 1. The zero-order valence-corrected chi connectivity index (χ0v) is 14.2. The molecule has 5 nitrogen and oxygen atoms in total. The van der Waals surface area contributed by atoms with Crippen LogP contribution in [0.1, 0.15) is 35.1 Å². The molecule has 3 heterocycles. The average molecular weight is 331 g/mol. The number of nitrogens with zero attached hydrogens (tertiary/aromatic N) is 3. The fourth-order valence-electron chi connectivity index (χ4n) is 2.93. The predicted octanol–water partition coefficient (Wildman–Crippen LogP) is 2.75. The molecule has 1 amide bonds. The van der Waals surface area contributed by atoms with E-state index in [0.29, 0.717) is 11.4 Å². The summed E-state index contributed by atoms with van der Waals surface area (Å²) < 4.78 is 0. The predicted molar refractivity (Wildman–Crippen MR) is 90.4 cm³/mol. The van der Waals surface area contributed by atoms with E-state index in [4.69, 9.17) is 0 Å². The van der Waals surface area contributed by atoms with E-state index < -0.39 is 0 Å². The molecular weight excluding hydrogens is 310 g/mol. The van der Waals surface area contributed by atoms with Gasteiger partial charge in [-0.15, -0.1) is 11.3 Å². The van der Waals surface area contributed by atoms with E-state index in [1.54, 1.807) is 13.1 Å². The molecule has 2 unspecified atom stereocenters. The minimum Gasteiger partial charge on any atom is -0.393 e. The fraction of sp³-hybridized carbons (Fsp3) is 0.471. The second kappa shape index (κ2) is 6.76. The molecule has 2 aromatic heterocycles. The lowest BCUT2D eigenvalue weighted by molar-refractivity contribution is 0.0469. The molecule has 1 aliphatic heterocycles. The molecule has 0 aromatic carbocycles. The van der Waals surface area contributed by atoms with Gasteiger partial charge in [-0.2, -0.15) is 0 Å². The number of hydrogen-bond donors (Lipinski definition) is 1. The van der Waals surface area contributed by atoms with Crippen LogP contribution in [0.2, 0.25) is 0 Å². The second-order valence-corrected chi connectivity index (χ2v) is 7.04. The van der Waals surface area contributed by atoms with Crippen molar-refractivity contribution in [1.29, 1.82) is 0 Å². The Bertz CT molecular complexity index is 684. The van der Waals surface area contributed by atoms with Crippen LogP contribution in [0.5, 0.6) is 0 Å². The molecule has 0 radical (unpaired) electrons. The number of aromatic nitrogens is 2. The van der Waals surface area contributed by atoms with Crippen LogP contribution in [-0.4, -0.2) is 45.1 Å². The molecule has 0 saturated carbocycles. The fourth-order valence-corrected chi connectivity index (χ4v) is 3.94. The van der Waals surface area contributed by atoms with Gasteiger partial charge in [-0.1, -0.05) is 6.07 Å². The van der Waals surface area contributed by atoms with Crippen LogP contribution in [0.4, 0.5) is 0 Å². The van der Waals surface area contributed by atoms with Crippen molar-refractivity contribution in [2.45, 2.75) is 32.8 Å². The number of aryl methyl sites for hydroxylation is 1. The summed E-state index contributed by atoms with van der Waals surface area (Å²) in [4.78, 5) is 24.2. The summed E-state index contributed by atoms with van der Waals surface area (Å²) in [5.41, 5.74) is 1.54. The van der Waals surface area contributed by atoms with E-state index in [1.807, 2.05) is 30.0 Å². The Kier molecular flexibility index (Phi) is 4.73. The maximum absolute atomic E-state index is 12.8. The number of aliphatic hydroxyl groups is 1. The highest BCUT2D eigenvalue weighted by Crippen LogP contribution is 2.29. The molecule has 1 N–H and O–H groups in total. The van der Waals surface area contributed by atoms with E-state index in [1.165, 1.54) is 11.3 Å². The summed E-state index contributed by atoms with van der Waals surface area (Å²) in [6.07, 6.45) is 3.26. The Hall–Kier alpha value is -1.79. The van der Waals surface area contributed by atoms with Gasteiger partial charge < -0.3 is 10.0 Å². The Balaban J connectivity index is 1.81. The third-order valence-electron chi connectivity index (χ3n) is 4.30. The van der Waals surface area contributed by atoms with E-state index in [0.717, 1.165) is 35.8 Å². The first kappa shape index (κ1) is 16.1. The summed E-state index contributed by atoms with van der Waals surface area (Å²) >= 11 is 1.40. The third-order valence-corrected chi connectivity index (χ3v) is 5.47. The molecule has 3 rings (SSSR count). The highest BCUT2D eigenvalue weighted by Gasteiger charge is 2.29. The zero-order valence-electron chi connectivity index (χ0n) is 13.4. The number of aliphatic hydroxyl groups excluding tert-OH is 1. The van der Waals surface area contributed by atoms with Crippen molar-refractivity contribution in [1.82, 2.24) is 14.9 Å². The Morgan fingerprint density at radius 1 is 1.48 bits per heavy atom. The molecule has 2 atom stereocenters. The Labute approximate surface area is 140 Å². The first-order valence-electron chi connectivity index (χ1n) is 7.92. The first-order valence-corrected chi connectivity index (χ1v) is 8.74. The number of likely N-dealkylation sites (tertiary alicyclic amines) is 1. The molecule has 6 heteroatoms. The van der Waals surface area contributed by atoms with Crippen molar-refractivity contribution in [3.05, 3.63) is 35.0 Å². The van der Waals surface area contributed by atoms with Gasteiger partial charge in [-0.05, 0) is 38.8 Å². The summed E-state index contributed by atoms with van der Waals surface area (Å²) in [5, 5.41) is 10.6. The van der Waals surface area contributed by atoms with Gasteiger partial charge in [0.05, 0.1) is 17.5 Å².